The molecule has 1 fully saturated rings. The highest BCUT2D eigenvalue weighted by Gasteiger charge is 2.26. The van der Waals surface area contributed by atoms with Crippen molar-refractivity contribution < 1.29 is 0 Å². The monoisotopic (exact) mass is 334 g/mol. The Hall–Kier alpha value is -1.64. The van der Waals surface area contributed by atoms with E-state index >= 15 is 0 Å². The SMILES string of the molecule is c1ccc(CC(CNC2Cc3ccccc3C2)C2CCCCN2)cc1. The van der Waals surface area contributed by atoms with Gasteiger partial charge in [0, 0.05) is 18.6 Å². The first-order chi connectivity index (χ1) is 12.4. The van der Waals surface area contributed by atoms with Gasteiger partial charge in [-0.1, -0.05) is 61.0 Å². The van der Waals surface area contributed by atoms with Crippen molar-refractivity contribution in [1.29, 1.82) is 0 Å². The molecule has 0 radical (unpaired) electrons. The lowest BCUT2D eigenvalue weighted by Crippen LogP contribution is -2.46. The number of benzene rings is 2. The number of fused-ring (bicyclic) bond motifs is 1. The molecule has 25 heavy (non-hydrogen) atoms. The molecule has 1 heterocycles. The average molecular weight is 335 g/mol. The van der Waals surface area contributed by atoms with E-state index < -0.39 is 0 Å². The van der Waals surface area contributed by atoms with Gasteiger partial charge in [0.05, 0.1) is 0 Å². The first-order valence-corrected chi connectivity index (χ1v) is 9.96. The minimum absolute atomic E-state index is 0.610. The zero-order chi connectivity index (χ0) is 16.9. The molecule has 0 amide bonds. The third-order valence-corrected chi connectivity index (χ3v) is 5.98. The van der Waals surface area contributed by atoms with Crippen LogP contribution in [0.4, 0.5) is 0 Å². The highest BCUT2D eigenvalue weighted by molar-refractivity contribution is 5.33. The Morgan fingerprint density at radius 1 is 0.920 bits per heavy atom. The predicted molar refractivity (Wildman–Crippen MR) is 105 cm³/mol. The van der Waals surface area contributed by atoms with E-state index in [0.29, 0.717) is 18.0 Å². The van der Waals surface area contributed by atoms with Crippen LogP contribution in [-0.4, -0.2) is 25.2 Å². The van der Waals surface area contributed by atoms with Gasteiger partial charge in [-0.2, -0.15) is 0 Å². The zero-order valence-corrected chi connectivity index (χ0v) is 15.1. The summed E-state index contributed by atoms with van der Waals surface area (Å²) in [6, 6.07) is 21.2. The van der Waals surface area contributed by atoms with Crippen molar-refractivity contribution in [3.8, 4) is 0 Å². The number of nitrogens with one attached hydrogen (secondary N) is 2. The Balaban J connectivity index is 1.38. The maximum atomic E-state index is 3.91. The van der Waals surface area contributed by atoms with Gasteiger partial charge in [0.15, 0.2) is 0 Å². The van der Waals surface area contributed by atoms with Crippen molar-refractivity contribution in [2.75, 3.05) is 13.1 Å². The van der Waals surface area contributed by atoms with E-state index in [0.717, 1.165) is 6.54 Å². The highest BCUT2D eigenvalue weighted by atomic mass is 15.0. The molecule has 132 valence electrons. The standard InChI is InChI=1S/C23H30N2/c1-2-8-18(9-3-1)14-21(23-12-6-7-13-24-23)17-25-22-15-19-10-4-5-11-20(19)16-22/h1-5,8-11,21-25H,6-7,12-17H2. The van der Waals surface area contributed by atoms with Crippen molar-refractivity contribution in [3.63, 3.8) is 0 Å². The van der Waals surface area contributed by atoms with Crippen molar-refractivity contribution in [2.24, 2.45) is 5.92 Å². The smallest absolute Gasteiger partial charge is 0.0148 e. The van der Waals surface area contributed by atoms with Crippen LogP contribution in [0.2, 0.25) is 0 Å². The van der Waals surface area contributed by atoms with Crippen LogP contribution < -0.4 is 10.6 Å². The summed E-state index contributed by atoms with van der Waals surface area (Å²) in [4.78, 5) is 0. The lowest BCUT2D eigenvalue weighted by molar-refractivity contribution is 0.276. The normalized spacial score (nSPS) is 21.8. The Morgan fingerprint density at radius 2 is 1.64 bits per heavy atom. The summed E-state index contributed by atoms with van der Waals surface area (Å²) < 4.78 is 0. The summed E-state index contributed by atoms with van der Waals surface area (Å²) in [5.41, 5.74) is 4.54. The molecule has 1 saturated heterocycles. The number of rotatable bonds is 6. The van der Waals surface area contributed by atoms with Gasteiger partial charge in [-0.15, -0.1) is 0 Å². The van der Waals surface area contributed by atoms with E-state index in [4.69, 9.17) is 0 Å². The highest BCUT2D eigenvalue weighted by Crippen LogP contribution is 2.23. The molecule has 2 nitrogen and oxygen atoms in total. The predicted octanol–water partition coefficient (Wildman–Crippen LogP) is 3.74. The fraction of sp³-hybridized carbons (Fsp3) is 0.478. The molecule has 1 aliphatic carbocycles. The van der Waals surface area contributed by atoms with Gasteiger partial charge in [0.2, 0.25) is 0 Å². The average Bonchev–Trinajstić information content (AvgIpc) is 3.09. The minimum Gasteiger partial charge on any atom is -0.314 e. The van der Waals surface area contributed by atoms with E-state index in [1.807, 2.05) is 0 Å². The van der Waals surface area contributed by atoms with Crippen LogP contribution in [0.1, 0.15) is 36.0 Å². The second kappa shape index (κ2) is 8.16. The molecule has 2 aliphatic rings. The molecule has 4 rings (SSSR count). The van der Waals surface area contributed by atoms with E-state index in [2.05, 4.69) is 65.2 Å². The molecule has 0 spiro atoms. The fourth-order valence-electron chi connectivity index (χ4n) is 4.58. The third kappa shape index (κ3) is 4.31. The topological polar surface area (TPSA) is 24.1 Å². The molecule has 2 heteroatoms. The van der Waals surface area contributed by atoms with Crippen LogP contribution >= 0.6 is 0 Å². The molecule has 0 bridgehead atoms. The second-order valence-corrected chi connectivity index (χ2v) is 7.79. The summed E-state index contributed by atoms with van der Waals surface area (Å²) in [5.74, 6) is 0.673. The van der Waals surface area contributed by atoms with Crippen LogP contribution in [0.3, 0.4) is 0 Å². The largest absolute Gasteiger partial charge is 0.314 e. The van der Waals surface area contributed by atoms with Gasteiger partial charge in [-0.25, -0.2) is 0 Å². The molecule has 1 aliphatic heterocycles. The van der Waals surface area contributed by atoms with E-state index in [1.54, 1.807) is 0 Å². The van der Waals surface area contributed by atoms with Crippen molar-refractivity contribution in [3.05, 3.63) is 71.3 Å². The molecule has 2 aromatic carbocycles. The molecule has 2 aromatic rings. The van der Waals surface area contributed by atoms with Gasteiger partial charge in [-0.05, 0) is 61.3 Å². The van der Waals surface area contributed by atoms with E-state index in [1.165, 1.54) is 61.8 Å². The molecule has 0 saturated carbocycles. The lowest BCUT2D eigenvalue weighted by Gasteiger charge is -2.32. The summed E-state index contributed by atoms with van der Waals surface area (Å²) in [6.07, 6.45) is 7.58. The van der Waals surface area contributed by atoms with Gasteiger partial charge < -0.3 is 10.6 Å². The van der Waals surface area contributed by atoms with E-state index in [9.17, 15) is 0 Å². The fourth-order valence-corrected chi connectivity index (χ4v) is 4.58. The summed E-state index contributed by atoms with van der Waals surface area (Å²) in [7, 11) is 0. The number of hydrogen-bond donors (Lipinski definition) is 2. The minimum atomic E-state index is 0.610. The quantitative estimate of drug-likeness (QED) is 0.841. The van der Waals surface area contributed by atoms with Crippen LogP contribution in [0.25, 0.3) is 0 Å². The second-order valence-electron chi connectivity index (χ2n) is 7.79. The van der Waals surface area contributed by atoms with Gasteiger partial charge in [-0.3, -0.25) is 0 Å². The third-order valence-electron chi connectivity index (χ3n) is 5.98. The Morgan fingerprint density at radius 3 is 2.32 bits per heavy atom. The Labute approximate surface area is 152 Å². The first-order valence-electron chi connectivity index (χ1n) is 9.96. The van der Waals surface area contributed by atoms with Crippen LogP contribution in [0, 0.1) is 5.92 Å². The van der Waals surface area contributed by atoms with Crippen LogP contribution in [0.15, 0.2) is 54.6 Å². The first kappa shape index (κ1) is 16.8. The lowest BCUT2D eigenvalue weighted by atomic mass is 9.87. The summed E-state index contributed by atoms with van der Waals surface area (Å²) in [6.45, 7) is 2.30. The van der Waals surface area contributed by atoms with E-state index in [-0.39, 0.29) is 0 Å². The molecule has 2 N–H and O–H groups in total. The van der Waals surface area contributed by atoms with Crippen LogP contribution in [0.5, 0.6) is 0 Å². The van der Waals surface area contributed by atoms with Gasteiger partial charge in [0.1, 0.15) is 0 Å². The van der Waals surface area contributed by atoms with Crippen molar-refractivity contribution >= 4 is 0 Å². The van der Waals surface area contributed by atoms with Crippen molar-refractivity contribution in [2.45, 2.75) is 50.6 Å². The maximum Gasteiger partial charge on any atom is 0.0148 e. The zero-order valence-electron chi connectivity index (χ0n) is 15.1. The molecule has 2 unspecified atom stereocenters. The molecule has 2 atom stereocenters. The number of hydrogen-bond acceptors (Lipinski definition) is 2. The van der Waals surface area contributed by atoms with Gasteiger partial charge in [0.25, 0.3) is 0 Å². The van der Waals surface area contributed by atoms with Crippen molar-refractivity contribution in [1.82, 2.24) is 10.6 Å². The molecular formula is C23H30N2. The Kier molecular flexibility index (Phi) is 5.49. The summed E-state index contributed by atoms with van der Waals surface area (Å²) in [5, 5.41) is 7.70. The Bertz CT molecular complexity index is 636. The molecular weight excluding hydrogens is 304 g/mol. The maximum absolute atomic E-state index is 3.91. The van der Waals surface area contributed by atoms with Gasteiger partial charge >= 0.3 is 0 Å². The van der Waals surface area contributed by atoms with Crippen LogP contribution in [-0.2, 0) is 19.3 Å². The number of piperidine rings is 1. The summed E-state index contributed by atoms with van der Waals surface area (Å²) >= 11 is 0. The molecule has 0 aromatic heterocycles.